The number of rotatable bonds is 10. The monoisotopic (exact) mass is 561 g/mol. The van der Waals surface area contributed by atoms with E-state index in [9.17, 15) is 18.8 Å². The number of imidazole rings is 1. The number of carbonyl (C=O) groups is 3. The van der Waals surface area contributed by atoms with E-state index >= 15 is 0 Å². The molecule has 2 heterocycles. The zero-order valence-electron chi connectivity index (χ0n) is 24.3. The highest BCUT2D eigenvalue weighted by Gasteiger charge is 2.40. The predicted octanol–water partition coefficient (Wildman–Crippen LogP) is 4.63. The third kappa shape index (κ3) is 7.60. The second-order valence-corrected chi connectivity index (χ2v) is 11.7. The SMILES string of the molecule is CCC(=O)NC(C(=O)N1CCCC1CN(CCc1ccc(F)cc1)C(=O)c1cn(-c2ccccc2)cn1)C(C)(C)C. The first-order valence-electron chi connectivity index (χ1n) is 14.3. The van der Waals surface area contributed by atoms with Gasteiger partial charge in [0.2, 0.25) is 11.8 Å². The maximum absolute atomic E-state index is 13.8. The Morgan fingerprint density at radius 3 is 2.46 bits per heavy atom. The van der Waals surface area contributed by atoms with E-state index in [2.05, 4.69) is 10.3 Å². The number of aromatic nitrogens is 2. The number of amides is 3. The van der Waals surface area contributed by atoms with Gasteiger partial charge < -0.3 is 19.7 Å². The molecule has 2 aromatic carbocycles. The van der Waals surface area contributed by atoms with Crippen LogP contribution in [0.1, 0.15) is 63.0 Å². The Balaban J connectivity index is 1.56. The van der Waals surface area contributed by atoms with Gasteiger partial charge in [0.15, 0.2) is 0 Å². The van der Waals surface area contributed by atoms with E-state index < -0.39 is 11.5 Å². The summed E-state index contributed by atoms with van der Waals surface area (Å²) in [5.41, 5.74) is 1.64. The van der Waals surface area contributed by atoms with E-state index in [0.717, 1.165) is 24.1 Å². The molecule has 3 amide bonds. The Morgan fingerprint density at radius 1 is 1.10 bits per heavy atom. The molecule has 8 nitrogen and oxygen atoms in total. The molecular formula is C32H40FN5O3. The van der Waals surface area contributed by atoms with Crippen LogP contribution in [0.5, 0.6) is 0 Å². The van der Waals surface area contributed by atoms with Crippen molar-refractivity contribution in [1.29, 1.82) is 0 Å². The van der Waals surface area contributed by atoms with Gasteiger partial charge in [-0.3, -0.25) is 14.4 Å². The first-order chi connectivity index (χ1) is 19.6. The quantitative estimate of drug-likeness (QED) is 0.391. The van der Waals surface area contributed by atoms with Crippen molar-refractivity contribution >= 4 is 17.7 Å². The molecule has 9 heteroatoms. The average Bonchev–Trinajstić information content (AvgIpc) is 3.64. The van der Waals surface area contributed by atoms with Crippen LogP contribution in [0.3, 0.4) is 0 Å². The van der Waals surface area contributed by atoms with Gasteiger partial charge in [-0.25, -0.2) is 9.37 Å². The maximum Gasteiger partial charge on any atom is 0.274 e. The molecular weight excluding hydrogens is 521 g/mol. The van der Waals surface area contributed by atoms with Gasteiger partial charge in [-0.1, -0.05) is 58.0 Å². The van der Waals surface area contributed by atoms with Crippen LogP contribution in [0.2, 0.25) is 0 Å². The lowest BCUT2D eigenvalue weighted by molar-refractivity contribution is -0.140. The Morgan fingerprint density at radius 2 is 1.80 bits per heavy atom. The molecule has 0 spiro atoms. The molecule has 0 aliphatic carbocycles. The Labute approximate surface area is 241 Å². The van der Waals surface area contributed by atoms with E-state index in [-0.39, 0.29) is 29.6 Å². The van der Waals surface area contributed by atoms with Crippen LogP contribution < -0.4 is 5.32 Å². The molecule has 1 aliphatic rings. The predicted molar refractivity (Wildman–Crippen MR) is 156 cm³/mol. The fourth-order valence-corrected chi connectivity index (χ4v) is 5.18. The van der Waals surface area contributed by atoms with Gasteiger partial charge in [0.05, 0.1) is 0 Å². The van der Waals surface area contributed by atoms with Crippen LogP contribution >= 0.6 is 0 Å². The molecule has 218 valence electrons. The minimum atomic E-state index is -0.666. The molecule has 2 atom stereocenters. The number of hydrogen-bond acceptors (Lipinski definition) is 4. The number of likely N-dealkylation sites (tertiary alicyclic amines) is 1. The number of hydrogen-bond donors (Lipinski definition) is 1. The van der Waals surface area contributed by atoms with E-state index in [0.29, 0.717) is 38.2 Å². The van der Waals surface area contributed by atoms with Crippen molar-refractivity contribution in [1.82, 2.24) is 24.7 Å². The van der Waals surface area contributed by atoms with Gasteiger partial charge in [-0.05, 0) is 54.5 Å². The van der Waals surface area contributed by atoms with E-state index in [4.69, 9.17) is 0 Å². The lowest BCUT2D eigenvalue weighted by Gasteiger charge is -2.37. The molecule has 3 aromatic rings. The minimum Gasteiger partial charge on any atom is -0.344 e. The fraction of sp³-hybridized carbons (Fsp3) is 0.438. The molecule has 4 rings (SSSR count). The highest BCUT2D eigenvalue weighted by Crippen LogP contribution is 2.27. The first-order valence-corrected chi connectivity index (χ1v) is 14.3. The van der Waals surface area contributed by atoms with Crippen molar-refractivity contribution in [2.75, 3.05) is 19.6 Å². The maximum atomic E-state index is 13.8. The number of halogens is 1. The number of carbonyl (C=O) groups excluding carboxylic acids is 3. The second-order valence-electron chi connectivity index (χ2n) is 11.7. The smallest absolute Gasteiger partial charge is 0.274 e. The third-order valence-electron chi connectivity index (χ3n) is 7.56. The first kappa shape index (κ1) is 30.0. The largest absolute Gasteiger partial charge is 0.344 e. The molecule has 2 unspecified atom stereocenters. The number of benzene rings is 2. The molecule has 41 heavy (non-hydrogen) atoms. The summed E-state index contributed by atoms with van der Waals surface area (Å²) in [5, 5.41) is 2.92. The molecule has 1 fully saturated rings. The third-order valence-corrected chi connectivity index (χ3v) is 7.56. The van der Waals surface area contributed by atoms with Gasteiger partial charge in [0.25, 0.3) is 5.91 Å². The van der Waals surface area contributed by atoms with Gasteiger partial charge in [0, 0.05) is 44.0 Å². The standard InChI is InChI=1S/C32H40FN5O3/c1-5-28(39)35-29(32(2,3)4)31(41)38-18-9-12-26(38)20-36(19-17-23-13-15-24(33)16-14-23)30(40)27-21-37(22-34-27)25-10-7-6-8-11-25/h6-8,10-11,13-16,21-22,26,29H,5,9,12,17-20H2,1-4H3,(H,35,39). The van der Waals surface area contributed by atoms with Crippen LogP contribution in [0.15, 0.2) is 67.1 Å². The number of nitrogens with zero attached hydrogens (tertiary/aromatic N) is 4. The normalized spacial score (nSPS) is 15.9. The molecule has 1 aromatic heterocycles. The Bertz CT molecular complexity index is 1330. The van der Waals surface area contributed by atoms with E-state index in [1.54, 1.807) is 41.0 Å². The summed E-state index contributed by atoms with van der Waals surface area (Å²) >= 11 is 0. The summed E-state index contributed by atoms with van der Waals surface area (Å²) in [6, 6.07) is 15.1. The van der Waals surface area contributed by atoms with Crippen LogP contribution in [0, 0.1) is 11.2 Å². The zero-order valence-corrected chi connectivity index (χ0v) is 24.3. The zero-order chi connectivity index (χ0) is 29.6. The highest BCUT2D eigenvalue weighted by molar-refractivity contribution is 5.92. The molecule has 1 aliphatic heterocycles. The van der Waals surface area contributed by atoms with Crippen molar-refractivity contribution in [3.05, 3.63) is 84.2 Å². The number of nitrogens with one attached hydrogen (secondary N) is 1. The van der Waals surface area contributed by atoms with Crippen LogP contribution in [0.25, 0.3) is 5.69 Å². The van der Waals surface area contributed by atoms with E-state index in [1.807, 2.05) is 56.0 Å². The highest BCUT2D eigenvalue weighted by atomic mass is 19.1. The molecule has 0 bridgehead atoms. The Hall–Kier alpha value is -4.01. The van der Waals surface area contributed by atoms with Crippen LogP contribution in [-0.2, 0) is 16.0 Å². The van der Waals surface area contributed by atoms with Crippen LogP contribution in [-0.4, -0.2) is 68.8 Å². The van der Waals surface area contributed by atoms with E-state index in [1.165, 1.54) is 12.1 Å². The van der Waals surface area contributed by atoms with Gasteiger partial charge >= 0.3 is 0 Å². The summed E-state index contributed by atoms with van der Waals surface area (Å²) in [4.78, 5) is 47.9. The molecule has 0 radical (unpaired) electrons. The summed E-state index contributed by atoms with van der Waals surface area (Å²) in [5.74, 6) is -0.829. The summed E-state index contributed by atoms with van der Waals surface area (Å²) < 4.78 is 15.3. The molecule has 0 saturated carbocycles. The topological polar surface area (TPSA) is 87.5 Å². The second kappa shape index (κ2) is 13.1. The summed E-state index contributed by atoms with van der Waals surface area (Å²) in [6.07, 6.45) is 5.74. The van der Waals surface area contributed by atoms with Crippen molar-refractivity contribution in [3.63, 3.8) is 0 Å². The van der Waals surface area contributed by atoms with Crippen molar-refractivity contribution < 1.29 is 18.8 Å². The van der Waals surface area contributed by atoms with Gasteiger partial charge in [0.1, 0.15) is 23.9 Å². The number of para-hydroxylation sites is 1. The minimum absolute atomic E-state index is 0.124. The molecule has 1 N–H and O–H groups in total. The lowest BCUT2D eigenvalue weighted by Crippen LogP contribution is -2.57. The summed E-state index contributed by atoms with van der Waals surface area (Å²) in [6.45, 7) is 8.89. The van der Waals surface area contributed by atoms with Crippen molar-refractivity contribution in [3.8, 4) is 5.69 Å². The van der Waals surface area contributed by atoms with Gasteiger partial charge in [-0.2, -0.15) is 0 Å². The van der Waals surface area contributed by atoms with Crippen molar-refractivity contribution in [2.45, 2.75) is 65.5 Å². The fourth-order valence-electron chi connectivity index (χ4n) is 5.18. The molecule has 1 saturated heterocycles. The van der Waals surface area contributed by atoms with Crippen LogP contribution in [0.4, 0.5) is 4.39 Å². The summed E-state index contributed by atoms with van der Waals surface area (Å²) in [7, 11) is 0. The lowest BCUT2D eigenvalue weighted by atomic mass is 9.85. The Kier molecular flexibility index (Phi) is 9.57. The average molecular weight is 562 g/mol. The van der Waals surface area contributed by atoms with Gasteiger partial charge in [-0.15, -0.1) is 0 Å². The van der Waals surface area contributed by atoms with Crippen molar-refractivity contribution in [2.24, 2.45) is 5.41 Å².